The summed E-state index contributed by atoms with van der Waals surface area (Å²) in [5.41, 5.74) is 1.91. The molecule has 0 saturated carbocycles. The number of nitrogens with zero attached hydrogens (tertiary/aromatic N) is 1. The molecular weight excluding hydrogens is 376 g/mol. The maximum atomic E-state index is 12.3. The predicted molar refractivity (Wildman–Crippen MR) is 110 cm³/mol. The maximum Gasteiger partial charge on any atom is 0.306 e. The Morgan fingerprint density at radius 2 is 1.93 bits per heavy atom. The molecule has 28 heavy (non-hydrogen) atoms. The van der Waals surface area contributed by atoms with Gasteiger partial charge in [0.2, 0.25) is 0 Å². The van der Waals surface area contributed by atoms with Gasteiger partial charge in [-0.1, -0.05) is 17.7 Å². The van der Waals surface area contributed by atoms with E-state index in [1.54, 1.807) is 6.92 Å². The van der Waals surface area contributed by atoms with Gasteiger partial charge in [-0.2, -0.15) is 0 Å². The molecule has 1 aromatic carbocycles. The van der Waals surface area contributed by atoms with Crippen molar-refractivity contribution in [3.8, 4) is 5.75 Å². The van der Waals surface area contributed by atoms with E-state index < -0.39 is 6.10 Å². The van der Waals surface area contributed by atoms with E-state index >= 15 is 0 Å². The molecule has 1 N–H and O–H groups in total. The minimum atomic E-state index is -0.620. The molecule has 2 heterocycles. The van der Waals surface area contributed by atoms with Crippen LogP contribution in [0.3, 0.4) is 0 Å². The van der Waals surface area contributed by atoms with Crippen molar-refractivity contribution in [3.05, 3.63) is 56.4 Å². The van der Waals surface area contributed by atoms with Gasteiger partial charge in [0.1, 0.15) is 10.6 Å². The smallest absolute Gasteiger partial charge is 0.306 e. The van der Waals surface area contributed by atoms with E-state index in [1.165, 1.54) is 16.9 Å². The number of carbonyl (C=O) groups is 1. The Kier molecular flexibility index (Phi) is 6.14. The average molecular weight is 401 g/mol. The van der Waals surface area contributed by atoms with Gasteiger partial charge in [-0.05, 0) is 51.8 Å². The number of aromatic nitrogens is 2. The van der Waals surface area contributed by atoms with E-state index in [0.29, 0.717) is 29.1 Å². The van der Waals surface area contributed by atoms with Crippen molar-refractivity contribution in [3.63, 3.8) is 0 Å². The van der Waals surface area contributed by atoms with Crippen LogP contribution < -0.4 is 10.3 Å². The third-order valence-corrected chi connectivity index (χ3v) is 5.67. The molecule has 0 spiro atoms. The first kappa shape index (κ1) is 20.1. The second kappa shape index (κ2) is 8.56. The molecule has 1 atom stereocenters. The number of esters is 1. The number of hydrogen-bond acceptors (Lipinski definition) is 6. The normalized spacial score (nSPS) is 12.1. The summed E-state index contributed by atoms with van der Waals surface area (Å²) in [6, 6.07) is 7.77. The van der Waals surface area contributed by atoms with Gasteiger partial charge in [0.25, 0.3) is 5.56 Å². The van der Waals surface area contributed by atoms with Crippen LogP contribution in [0.15, 0.2) is 29.1 Å². The number of H-pyrrole nitrogens is 1. The Labute approximate surface area is 167 Å². The van der Waals surface area contributed by atoms with Gasteiger partial charge >= 0.3 is 5.97 Å². The van der Waals surface area contributed by atoms with E-state index in [1.807, 2.05) is 45.0 Å². The minimum absolute atomic E-state index is 0.198. The van der Waals surface area contributed by atoms with E-state index in [-0.39, 0.29) is 17.9 Å². The molecule has 7 heteroatoms. The van der Waals surface area contributed by atoms with Gasteiger partial charge in [0.05, 0.1) is 12.0 Å². The van der Waals surface area contributed by atoms with Crippen LogP contribution in [0, 0.1) is 20.8 Å². The summed E-state index contributed by atoms with van der Waals surface area (Å²) in [7, 11) is 0. The SMILES string of the molecule is Cc1ccc(OCCCC(=O)O[C@@H](C)c2nc3sc(C)c(C)c3c(=O)[nH]2)cc1. The first-order valence-corrected chi connectivity index (χ1v) is 10.1. The third-order valence-electron chi connectivity index (χ3n) is 4.57. The summed E-state index contributed by atoms with van der Waals surface area (Å²) in [5, 5.41) is 0.609. The number of aromatic amines is 1. The zero-order valence-corrected chi connectivity index (χ0v) is 17.3. The molecule has 0 saturated heterocycles. The third kappa shape index (κ3) is 4.59. The molecule has 0 unspecified atom stereocenters. The zero-order chi connectivity index (χ0) is 20.3. The van der Waals surface area contributed by atoms with Crippen molar-refractivity contribution in [1.29, 1.82) is 0 Å². The molecule has 0 aliphatic rings. The van der Waals surface area contributed by atoms with Gasteiger partial charge in [-0.3, -0.25) is 9.59 Å². The Hall–Kier alpha value is -2.67. The largest absolute Gasteiger partial charge is 0.494 e. The average Bonchev–Trinajstić information content (AvgIpc) is 2.94. The minimum Gasteiger partial charge on any atom is -0.494 e. The molecule has 148 valence electrons. The first-order chi connectivity index (χ1) is 13.3. The van der Waals surface area contributed by atoms with Crippen LogP contribution in [-0.2, 0) is 9.53 Å². The van der Waals surface area contributed by atoms with Gasteiger partial charge in [0.15, 0.2) is 11.9 Å². The lowest BCUT2D eigenvalue weighted by atomic mass is 10.2. The molecule has 0 fully saturated rings. The molecule has 0 bridgehead atoms. The van der Waals surface area contributed by atoms with Gasteiger partial charge in [0, 0.05) is 11.3 Å². The van der Waals surface area contributed by atoms with Gasteiger partial charge in [-0.25, -0.2) is 4.98 Å². The molecule has 0 radical (unpaired) electrons. The molecule has 3 rings (SSSR count). The monoisotopic (exact) mass is 400 g/mol. The van der Waals surface area contributed by atoms with Crippen molar-refractivity contribution in [2.75, 3.05) is 6.61 Å². The number of ether oxygens (including phenoxy) is 2. The van der Waals surface area contributed by atoms with Crippen LogP contribution in [0.2, 0.25) is 0 Å². The number of nitrogens with one attached hydrogen (secondary N) is 1. The van der Waals surface area contributed by atoms with Crippen molar-refractivity contribution in [2.45, 2.75) is 46.6 Å². The number of fused-ring (bicyclic) bond motifs is 1. The molecule has 6 nitrogen and oxygen atoms in total. The summed E-state index contributed by atoms with van der Waals surface area (Å²) in [6.45, 7) is 8.02. The van der Waals surface area contributed by atoms with E-state index in [4.69, 9.17) is 9.47 Å². The van der Waals surface area contributed by atoms with Crippen molar-refractivity contribution >= 4 is 27.5 Å². The Bertz CT molecular complexity index is 1040. The van der Waals surface area contributed by atoms with Crippen molar-refractivity contribution in [2.24, 2.45) is 0 Å². The fourth-order valence-electron chi connectivity index (χ4n) is 2.82. The van der Waals surface area contributed by atoms with Crippen LogP contribution >= 0.6 is 11.3 Å². The highest BCUT2D eigenvalue weighted by Crippen LogP contribution is 2.27. The highest BCUT2D eigenvalue weighted by atomic mass is 32.1. The van der Waals surface area contributed by atoms with Crippen LogP contribution in [0.1, 0.15) is 47.7 Å². The van der Waals surface area contributed by atoms with Crippen LogP contribution in [0.25, 0.3) is 10.2 Å². The lowest BCUT2D eigenvalue weighted by Crippen LogP contribution is -2.17. The lowest BCUT2D eigenvalue weighted by molar-refractivity contribution is -0.149. The van der Waals surface area contributed by atoms with E-state index in [2.05, 4.69) is 9.97 Å². The van der Waals surface area contributed by atoms with E-state index in [9.17, 15) is 9.59 Å². The Morgan fingerprint density at radius 1 is 1.21 bits per heavy atom. The molecular formula is C21H24N2O4S. The predicted octanol–water partition coefficient (Wildman–Crippen LogP) is 4.37. The topological polar surface area (TPSA) is 81.3 Å². The highest BCUT2D eigenvalue weighted by Gasteiger charge is 2.18. The number of rotatable bonds is 7. The fraction of sp³-hybridized carbons (Fsp3) is 0.381. The maximum absolute atomic E-state index is 12.3. The number of carbonyl (C=O) groups excluding carboxylic acids is 1. The number of hydrogen-bond donors (Lipinski definition) is 1. The summed E-state index contributed by atoms with van der Waals surface area (Å²) in [5.74, 6) is 0.799. The summed E-state index contributed by atoms with van der Waals surface area (Å²) in [4.78, 5) is 33.4. The fourth-order valence-corrected chi connectivity index (χ4v) is 3.85. The summed E-state index contributed by atoms with van der Waals surface area (Å²) in [6.07, 6.45) is 0.163. The van der Waals surface area contributed by atoms with Crippen LogP contribution in [-0.4, -0.2) is 22.5 Å². The van der Waals surface area contributed by atoms with Crippen LogP contribution in [0.4, 0.5) is 0 Å². The Morgan fingerprint density at radius 3 is 2.64 bits per heavy atom. The molecule has 3 aromatic rings. The molecule has 0 amide bonds. The summed E-state index contributed by atoms with van der Waals surface area (Å²) < 4.78 is 11.0. The highest BCUT2D eigenvalue weighted by molar-refractivity contribution is 7.18. The van der Waals surface area contributed by atoms with Gasteiger partial charge < -0.3 is 14.5 Å². The summed E-state index contributed by atoms with van der Waals surface area (Å²) >= 11 is 1.47. The van der Waals surface area contributed by atoms with Crippen LogP contribution in [0.5, 0.6) is 5.75 Å². The second-order valence-electron chi connectivity index (χ2n) is 6.81. The number of thiophene rings is 1. The number of benzene rings is 1. The Balaban J connectivity index is 1.53. The lowest BCUT2D eigenvalue weighted by Gasteiger charge is -2.13. The first-order valence-electron chi connectivity index (χ1n) is 9.24. The number of aryl methyl sites for hydroxylation is 3. The second-order valence-corrected chi connectivity index (χ2v) is 8.01. The van der Waals surface area contributed by atoms with E-state index in [0.717, 1.165) is 16.2 Å². The van der Waals surface area contributed by atoms with Gasteiger partial charge in [-0.15, -0.1) is 11.3 Å². The molecule has 2 aromatic heterocycles. The zero-order valence-electron chi connectivity index (χ0n) is 16.5. The molecule has 0 aliphatic carbocycles. The van der Waals surface area contributed by atoms with Crippen molar-refractivity contribution in [1.82, 2.24) is 9.97 Å². The standard InChI is InChI=1S/C21H24N2O4S/c1-12-7-9-16(10-8-12)26-11-5-6-17(24)27-14(3)19-22-20(25)18-13(2)15(4)28-21(18)23-19/h7-10,14H,5-6,11H2,1-4H3,(H,22,23,25)/t14-/m0/s1. The quantitative estimate of drug-likeness (QED) is 0.470. The molecule has 0 aliphatic heterocycles. The van der Waals surface area contributed by atoms with Crippen molar-refractivity contribution < 1.29 is 14.3 Å².